The van der Waals surface area contributed by atoms with E-state index in [2.05, 4.69) is 17.6 Å². The van der Waals surface area contributed by atoms with E-state index in [0.29, 0.717) is 12.1 Å². The number of rotatable bonds is 3. The maximum absolute atomic E-state index is 6.03. The second-order valence-electron chi connectivity index (χ2n) is 3.74. The summed E-state index contributed by atoms with van der Waals surface area (Å²) in [4.78, 5) is 0. The second-order valence-corrected chi connectivity index (χ2v) is 5.26. The summed E-state index contributed by atoms with van der Waals surface area (Å²) >= 11 is 7.60. The van der Waals surface area contributed by atoms with Crippen molar-refractivity contribution >= 4 is 28.6 Å². The molecule has 0 aromatic carbocycles. The molecule has 2 heterocycles. The van der Waals surface area contributed by atoms with Crippen molar-refractivity contribution in [2.75, 3.05) is 11.9 Å². The number of nitrogens with one attached hydrogen (secondary N) is 2. The molecule has 1 aromatic rings. The van der Waals surface area contributed by atoms with Gasteiger partial charge < -0.3 is 10.6 Å². The standard InChI is InChI=1S/C10H15ClN2S/c1-7(8-3-2-5-12-8)13-9-4-6-14-10(9)11/h4,6-8,12-13H,2-3,5H2,1H3. The Bertz CT molecular complexity index is 294. The number of thiophene rings is 1. The minimum Gasteiger partial charge on any atom is -0.379 e. The van der Waals surface area contributed by atoms with Crippen molar-refractivity contribution in [1.29, 1.82) is 0 Å². The predicted molar refractivity (Wildman–Crippen MR) is 63.4 cm³/mol. The fraction of sp³-hybridized carbons (Fsp3) is 0.600. The molecular weight excluding hydrogens is 216 g/mol. The van der Waals surface area contributed by atoms with Gasteiger partial charge in [0.25, 0.3) is 0 Å². The van der Waals surface area contributed by atoms with E-state index in [-0.39, 0.29) is 0 Å². The lowest BCUT2D eigenvalue weighted by Crippen LogP contribution is -2.37. The minimum atomic E-state index is 0.449. The SMILES string of the molecule is CC(Nc1ccsc1Cl)C1CCCN1. The van der Waals surface area contributed by atoms with E-state index in [0.717, 1.165) is 16.6 Å². The van der Waals surface area contributed by atoms with Crippen molar-refractivity contribution in [1.82, 2.24) is 5.32 Å². The highest BCUT2D eigenvalue weighted by atomic mass is 35.5. The van der Waals surface area contributed by atoms with E-state index in [9.17, 15) is 0 Å². The van der Waals surface area contributed by atoms with E-state index in [1.165, 1.54) is 12.8 Å². The minimum absolute atomic E-state index is 0.449. The van der Waals surface area contributed by atoms with Crippen molar-refractivity contribution in [2.45, 2.75) is 31.8 Å². The molecule has 0 aliphatic carbocycles. The zero-order valence-electron chi connectivity index (χ0n) is 8.22. The van der Waals surface area contributed by atoms with Gasteiger partial charge in [-0.05, 0) is 37.8 Å². The van der Waals surface area contributed by atoms with E-state index >= 15 is 0 Å². The normalized spacial score (nSPS) is 23.7. The first-order chi connectivity index (χ1) is 6.77. The monoisotopic (exact) mass is 230 g/mol. The molecule has 0 spiro atoms. The van der Waals surface area contributed by atoms with Crippen LogP contribution in [0.5, 0.6) is 0 Å². The third-order valence-electron chi connectivity index (χ3n) is 2.70. The van der Waals surface area contributed by atoms with Gasteiger partial charge in [0.1, 0.15) is 4.34 Å². The first-order valence-corrected chi connectivity index (χ1v) is 6.26. The highest BCUT2D eigenvalue weighted by Gasteiger charge is 2.21. The maximum atomic E-state index is 6.03. The molecule has 2 rings (SSSR count). The van der Waals surface area contributed by atoms with Gasteiger partial charge >= 0.3 is 0 Å². The van der Waals surface area contributed by atoms with Crippen LogP contribution in [0.3, 0.4) is 0 Å². The highest BCUT2D eigenvalue weighted by Crippen LogP contribution is 2.28. The van der Waals surface area contributed by atoms with Crippen LogP contribution in [-0.4, -0.2) is 18.6 Å². The third-order valence-corrected chi connectivity index (χ3v) is 3.87. The Morgan fingerprint density at radius 3 is 3.14 bits per heavy atom. The average Bonchev–Trinajstić information content (AvgIpc) is 2.77. The zero-order chi connectivity index (χ0) is 9.97. The van der Waals surface area contributed by atoms with Crippen molar-refractivity contribution in [3.05, 3.63) is 15.8 Å². The summed E-state index contributed by atoms with van der Waals surface area (Å²) in [5.74, 6) is 0. The van der Waals surface area contributed by atoms with Gasteiger partial charge in [-0.2, -0.15) is 0 Å². The molecule has 0 saturated carbocycles. The molecule has 14 heavy (non-hydrogen) atoms. The molecule has 2 atom stereocenters. The lowest BCUT2D eigenvalue weighted by Gasteiger charge is -2.21. The Balaban J connectivity index is 1.93. The molecule has 0 amide bonds. The molecule has 0 bridgehead atoms. The van der Waals surface area contributed by atoms with Gasteiger partial charge in [0.15, 0.2) is 0 Å². The molecule has 2 unspecified atom stereocenters. The molecule has 78 valence electrons. The molecule has 1 aliphatic rings. The van der Waals surface area contributed by atoms with Crippen LogP contribution in [-0.2, 0) is 0 Å². The van der Waals surface area contributed by atoms with Crippen molar-refractivity contribution in [3.63, 3.8) is 0 Å². The number of halogens is 1. The average molecular weight is 231 g/mol. The van der Waals surface area contributed by atoms with Gasteiger partial charge in [0.05, 0.1) is 5.69 Å². The van der Waals surface area contributed by atoms with Crippen LogP contribution in [0.15, 0.2) is 11.4 Å². The molecule has 0 radical (unpaired) electrons. The summed E-state index contributed by atoms with van der Waals surface area (Å²) in [6.07, 6.45) is 2.55. The van der Waals surface area contributed by atoms with E-state index in [1.54, 1.807) is 11.3 Å². The number of hydrogen-bond acceptors (Lipinski definition) is 3. The Kier molecular flexibility index (Phi) is 3.31. The van der Waals surface area contributed by atoms with Gasteiger partial charge in [-0.25, -0.2) is 0 Å². The lowest BCUT2D eigenvalue weighted by molar-refractivity contribution is 0.538. The van der Waals surface area contributed by atoms with Crippen LogP contribution in [0.1, 0.15) is 19.8 Å². The predicted octanol–water partition coefficient (Wildman–Crippen LogP) is 2.95. The van der Waals surface area contributed by atoms with Crippen LogP contribution < -0.4 is 10.6 Å². The van der Waals surface area contributed by atoms with Gasteiger partial charge in [-0.3, -0.25) is 0 Å². The van der Waals surface area contributed by atoms with Crippen LogP contribution in [0, 0.1) is 0 Å². The van der Waals surface area contributed by atoms with E-state index in [1.807, 2.05) is 11.4 Å². The summed E-state index contributed by atoms with van der Waals surface area (Å²) in [6, 6.07) is 3.08. The molecule has 1 aliphatic heterocycles. The van der Waals surface area contributed by atoms with E-state index < -0.39 is 0 Å². The van der Waals surface area contributed by atoms with Gasteiger partial charge in [-0.15, -0.1) is 11.3 Å². The van der Waals surface area contributed by atoms with Gasteiger partial charge in [-0.1, -0.05) is 11.6 Å². The first-order valence-electron chi connectivity index (χ1n) is 5.00. The largest absolute Gasteiger partial charge is 0.379 e. The number of hydrogen-bond donors (Lipinski definition) is 2. The van der Waals surface area contributed by atoms with Gasteiger partial charge in [0.2, 0.25) is 0 Å². The quantitative estimate of drug-likeness (QED) is 0.835. The zero-order valence-corrected chi connectivity index (χ0v) is 9.79. The Morgan fingerprint density at radius 1 is 1.71 bits per heavy atom. The van der Waals surface area contributed by atoms with Crippen molar-refractivity contribution in [3.8, 4) is 0 Å². The Morgan fingerprint density at radius 2 is 2.57 bits per heavy atom. The summed E-state index contributed by atoms with van der Waals surface area (Å²) in [5.41, 5.74) is 1.07. The maximum Gasteiger partial charge on any atom is 0.116 e. The topological polar surface area (TPSA) is 24.1 Å². The molecule has 1 fully saturated rings. The number of anilines is 1. The molecule has 2 N–H and O–H groups in total. The van der Waals surface area contributed by atoms with E-state index in [4.69, 9.17) is 11.6 Å². The fourth-order valence-electron chi connectivity index (χ4n) is 1.88. The Labute approximate surface area is 93.7 Å². The van der Waals surface area contributed by atoms with Crippen LogP contribution in [0.4, 0.5) is 5.69 Å². The smallest absolute Gasteiger partial charge is 0.116 e. The third kappa shape index (κ3) is 2.22. The molecule has 1 saturated heterocycles. The lowest BCUT2D eigenvalue weighted by atomic mass is 10.1. The van der Waals surface area contributed by atoms with Crippen LogP contribution in [0.25, 0.3) is 0 Å². The van der Waals surface area contributed by atoms with Crippen LogP contribution in [0.2, 0.25) is 4.34 Å². The highest BCUT2D eigenvalue weighted by molar-refractivity contribution is 7.15. The summed E-state index contributed by atoms with van der Waals surface area (Å²) in [7, 11) is 0. The summed E-state index contributed by atoms with van der Waals surface area (Å²) in [6.45, 7) is 3.35. The summed E-state index contributed by atoms with van der Waals surface area (Å²) in [5, 5.41) is 8.95. The molecule has 1 aromatic heterocycles. The summed E-state index contributed by atoms with van der Waals surface area (Å²) < 4.78 is 0.856. The fourth-order valence-corrected chi connectivity index (χ4v) is 2.73. The molecular formula is C10H15ClN2S. The molecule has 4 heteroatoms. The van der Waals surface area contributed by atoms with Gasteiger partial charge in [0, 0.05) is 12.1 Å². The van der Waals surface area contributed by atoms with Crippen LogP contribution >= 0.6 is 22.9 Å². The van der Waals surface area contributed by atoms with Crippen molar-refractivity contribution < 1.29 is 0 Å². The second kappa shape index (κ2) is 4.51. The Hall–Kier alpha value is -0.250. The van der Waals surface area contributed by atoms with Crippen molar-refractivity contribution in [2.24, 2.45) is 0 Å². The molecule has 2 nitrogen and oxygen atoms in total. The first kappa shape index (κ1) is 10.3.